The van der Waals surface area contributed by atoms with E-state index in [4.69, 9.17) is 4.42 Å². The Morgan fingerprint density at radius 1 is 1.22 bits per heavy atom. The Morgan fingerprint density at radius 2 is 1.91 bits per heavy atom. The van der Waals surface area contributed by atoms with Crippen molar-refractivity contribution in [2.45, 2.75) is 13.8 Å². The molecule has 1 aromatic heterocycles. The van der Waals surface area contributed by atoms with Gasteiger partial charge in [-0.25, -0.2) is 4.98 Å². The van der Waals surface area contributed by atoms with Gasteiger partial charge >= 0.3 is 0 Å². The third kappa shape index (κ3) is 4.18. The molecule has 122 valence electrons. The summed E-state index contributed by atoms with van der Waals surface area (Å²) in [6.07, 6.45) is 2.88. The highest BCUT2D eigenvalue weighted by atomic mass is 16.3. The number of aromatic nitrogens is 1. The normalized spacial score (nSPS) is 11.1. The molecule has 0 aliphatic carbocycles. The Balaban J connectivity index is 1.98. The highest BCUT2D eigenvalue weighted by Crippen LogP contribution is 2.15. The molecule has 6 heteroatoms. The minimum absolute atomic E-state index is 0.0540. The number of rotatable bonds is 6. The van der Waals surface area contributed by atoms with Crippen molar-refractivity contribution < 1.29 is 14.0 Å². The molecule has 23 heavy (non-hydrogen) atoms. The Morgan fingerprint density at radius 3 is 2.57 bits per heavy atom. The Labute approximate surface area is 135 Å². The standard InChI is InChI=1S/C17H21N3O3/c1-4-20(5-2)17(22)12-19(3)16(21)11-10-15-18-13-8-6-7-9-14(13)23-15/h6-11H,4-5,12H2,1-3H3/b11-10+. The number of oxazole rings is 1. The lowest BCUT2D eigenvalue weighted by Gasteiger charge is -2.22. The van der Waals surface area contributed by atoms with Crippen molar-refractivity contribution in [3.63, 3.8) is 0 Å². The molecule has 0 N–H and O–H groups in total. The molecule has 2 amide bonds. The van der Waals surface area contributed by atoms with Crippen LogP contribution in [0.25, 0.3) is 17.2 Å². The van der Waals surface area contributed by atoms with E-state index in [0.29, 0.717) is 24.6 Å². The van der Waals surface area contributed by atoms with E-state index < -0.39 is 0 Å². The van der Waals surface area contributed by atoms with Gasteiger partial charge in [0.15, 0.2) is 5.58 Å². The molecule has 0 unspecified atom stereocenters. The zero-order valence-corrected chi connectivity index (χ0v) is 13.7. The van der Waals surface area contributed by atoms with Gasteiger partial charge in [0.05, 0.1) is 6.54 Å². The van der Waals surface area contributed by atoms with Gasteiger partial charge < -0.3 is 14.2 Å². The van der Waals surface area contributed by atoms with Gasteiger partial charge in [-0.3, -0.25) is 9.59 Å². The third-order valence-corrected chi connectivity index (χ3v) is 3.54. The molecule has 2 aromatic rings. The second kappa shape index (κ2) is 7.58. The molecule has 0 aliphatic rings. The average Bonchev–Trinajstić information content (AvgIpc) is 2.96. The molecule has 0 aliphatic heterocycles. The van der Waals surface area contributed by atoms with E-state index in [1.165, 1.54) is 17.1 Å². The topological polar surface area (TPSA) is 66.7 Å². The largest absolute Gasteiger partial charge is 0.437 e. The number of nitrogens with zero attached hydrogens (tertiary/aromatic N) is 3. The van der Waals surface area contributed by atoms with Crippen LogP contribution in [0.2, 0.25) is 0 Å². The lowest BCUT2D eigenvalue weighted by atomic mass is 10.3. The van der Waals surface area contributed by atoms with Crippen LogP contribution in [0.15, 0.2) is 34.8 Å². The van der Waals surface area contributed by atoms with Gasteiger partial charge in [-0.2, -0.15) is 0 Å². The summed E-state index contributed by atoms with van der Waals surface area (Å²) in [5.74, 6) is 0.0249. The highest BCUT2D eigenvalue weighted by molar-refractivity contribution is 5.94. The van der Waals surface area contributed by atoms with Crippen molar-refractivity contribution >= 4 is 29.0 Å². The van der Waals surface area contributed by atoms with Crippen LogP contribution in [0.5, 0.6) is 0 Å². The van der Waals surface area contributed by atoms with Crippen LogP contribution in [0, 0.1) is 0 Å². The first-order valence-corrected chi connectivity index (χ1v) is 7.61. The summed E-state index contributed by atoms with van der Waals surface area (Å²) in [5, 5.41) is 0. The van der Waals surface area contributed by atoms with Crippen molar-refractivity contribution in [1.82, 2.24) is 14.8 Å². The smallest absolute Gasteiger partial charge is 0.246 e. The van der Waals surface area contributed by atoms with Gasteiger partial charge in [0.25, 0.3) is 0 Å². The summed E-state index contributed by atoms with van der Waals surface area (Å²) < 4.78 is 5.51. The van der Waals surface area contributed by atoms with E-state index in [0.717, 1.165) is 5.52 Å². The zero-order chi connectivity index (χ0) is 16.8. The molecule has 0 saturated carbocycles. The fraction of sp³-hybridized carbons (Fsp3) is 0.353. The summed E-state index contributed by atoms with van der Waals surface area (Å²) in [6.45, 7) is 5.15. The van der Waals surface area contributed by atoms with E-state index in [9.17, 15) is 9.59 Å². The molecular weight excluding hydrogens is 294 g/mol. The molecule has 1 aromatic carbocycles. The van der Waals surface area contributed by atoms with Gasteiger partial charge in [-0.15, -0.1) is 0 Å². The first-order valence-electron chi connectivity index (χ1n) is 7.61. The van der Waals surface area contributed by atoms with Crippen molar-refractivity contribution in [2.75, 3.05) is 26.7 Å². The molecule has 0 radical (unpaired) electrons. The van der Waals surface area contributed by atoms with E-state index in [-0.39, 0.29) is 18.4 Å². The summed E-state index contributed by atoms with van der Waals surface area (Å²) in [5.41, 5.74) is 1.41. The average molecular weight is 315 g/mol. The molecule has 0 fully saturated rings. The predicted octanol–water partition coefficient (Wildman–Crippen LogP) is 2.17. The Kier molecular flexibility index (Phi) is 5.51. The van der Waals surface area contributed by atoms with Gasteiger partial charge in [-0.1, -0.05) is 12.1 Å². The summed E-state index contributed by atoms with van der Waals surface area (Å²) >= 11 is 0. The minimum atomic E-state index is -0.271. The number of para-hydroxylation sites is 2. The molecule has 6 nitrogen and oxygen atoms in total. The van der Waals surface area contributed by atoms with Gasteiger partial charge in [0.1, 0.15) is 5.52 Å². The lowest BCUT2D eigenvalue weighted by molar-refractivity contribution is -0.136. The van der Waals surface area contributed by atoms with Crippen molar-refractivity contribution in [1.29, 1.82) is 0 Å². The molecule has 0 bridgehead atoms. The van der Waals surface area contributed by atoms with Crippen molar-refractivity contribution in [3.8, 4) is 0 Å². The van der Waals surface area contributed by atoms with E-state index >= 15 is 0 Å². The van der Waals surface area contributed by atoms with Crippen LogP contribution < -0.4 is 0 Å². The molecule has 0 saturated heterocycles. The number of likely N-dealkylation sites (N-methyl/N-ethyl adjacent to an activating group) is 2. The number of fused-ring (bicyclic) bond motifs is 1. The highest BCUT2D eigenvalue weighted by Gasteiger charge is 2.15. The predicted molar refractivity (Wildman–Crippen MR) is 88.6 cm³/mol. The number of amides is 2. The summed E-state index contributed by atoms with van der Waals surface area (Å²) in [6, 6.07) is 7.39. The van der Waals surface area contributed by atoms with Crippen LogP contribution in [0.3, 0.4) is 0 Å². The fourth-order valence-electron chi connectivity index (χ4n) is 2.19. The second-order valence-corrected chi connectivity index (χ2v) is 5.11. The van der Waals surface area contributed by atoms with Crippen LogP contribution in [0.4, 0.5) is 0 Å². The lowest BCUT2D eigenvalue weighted by Crippen LogP contribution is -2.40. The van der Waals surface area contributed by atoms with Crippen LogP contribution in [-0.4, -0.2) is 53.3 Å². The van der Waals surface area contributed by atoms with Gasteiger partial charge in [-0.05, 0) is 26.0 Å². The number of carbonyl (C=O) groups excluding carboxylic acids is 2. The SMILES string of the molecule is CCN(CC)C(=O)CN(C)C(=O)/C=C/c1nc2ccccc2o1. The first kappa shape index (κ1) is 16.7. The van der Waals surface area contributed by atoms with E-state index in [2.05, 4.69) is 4.98 Å². The third-order valence-electron chi connectivity index (χ3n) is 3.54. The minimum Gasteiger partial charge on any atom is -0.437 e. The van der Waals surface area contributed by atoms with Crippen molar-refractivity contribution in [3.05, 3.63) is 36.2 Å². The maximum atomic E-state index is 12.1. The van der Waals surface area contributed by atoms with Crippen LogP contribution in [0.1, 0.15) is 19.7 Å². The maximum Gasteiger partial charge on any atom is 0.246 e. The monoisotopic (exact) mass is 315 g/mol. The van der Waals surface area contributed by atoms with Crippen LogP contribution in [-0.2, 0) is 9.59 Å². The van der Waals surface area contributed by atoms with Crippen LogP contribution >= 0.6 is 0 Å². The van der Waals surface area contributed by atoms with E-state index in [1.807, 2.05) is 38.1 Å². The maximum absolute atomic E-state index is 12.1. The van der Waals surface area contributed by atoms with Crippen molar-refractivity contribution in [2.24, 2.45) is 0 Å². The summed E-state index contributed by atoms with van der Waals surface area (Å²) in [7, 11) is 1.60. The molecule has 0 atom stereocenters. The van der Waals surface area contributed by atoms with Gasteiger partial charge in [0, 0.05) is 32.3 Å². The molecular formula is C17H21N3O3. The number of hydrogen-bond acceptors (Lipinski definition) is 4. The molecule has 2 rings (SSSR count). The Bertz CT molecular complexity index is 684. The number of carbonyl (C=O) groups is 2. The fourth-order valence-corrected chi connectivity index (χ4v) is 2.19. The summed E-state index contributed by atoms with van der Waals surface area (Å²) in [4.78, 5) is 31.4. The second-order valence-electron chi connectivity index (χ2n) is 5.11. The Hall–Kier alpha value is -2.63. The first-order chi connectivity index (χ1) is 11.0. The molecule has 0 spiro atoms. The van der Waals surface area contributed by atoms with E-state index in [1.54, 1.807) is 11.9 Å². The van der Waals surface area contributed by atoms with Gasteiger partial charge in [0.2, 0.25) is 17.7 Å². The molecule has 1 heterocycles. The zero-order valence-electron chi connectivity index (χ0n) is 13.7. The number of benzene rings is 1. The quantitative estimate of drug-likeness (QED) is 0.766. The number of hydrogen-bond donors (Lipinski definition) is 0.